The molecular formula is C19H19Cl2N5OS. The lowest BCUT2D eigenvalue weighted by molar-refractivity contribution is -0.113. The lowest BCUT2D eigenvalue weighted by Gasteiger charge is -2.09. The van der Waals surface area contributed by atoms with Gasteiger partial charge in [-0.25, -0.2) is 4.68 Å². The van der Waals surface area contributed by atoms with Gasteiger partial charge in [-0.3, -0.25) is 4.79 Å². The molecule has 0 aliphatic heterocycles. The third-order valence-electron chi connectivity index (χ3n) is 4.00. The first-order valence-electron chi connectivity index (χ1n) is 8.53. The molecule has 0 saturated heterocycles. The third kappa shape index (κ3) is 4.79. The summed E-state index contributed by atoms with van der Waals surface area (Å²) in [6, 6.07) is 12.8. The van der Waals surface area contributed by atoms with E-state index >= 15 is 0 Å². The Balaban J connectivity index is 1.67. The van der Waals surface area contributed by atoms with E-state index < -0.39 is 0 Å². The fourth-order valence-corrected chi connectivity index (χ4v) is 3.56. The van der Waals surface area contributed by atoms with Gasteiger partial charge in [0.2, 0.25) is 11.1 Å². The summed E-state index contributed by atoms with van der Waals surface area (Å²) in [4.78, 5) is 12.3. The van der Waals surface area contributed by atoms with Crippen LogP contribution < -0.4 is 11.2 Å². The summed E-state index contributed by atoms with van der Waals surface area (Å²) in [5, 5.41) is 12.4. The Morgan fingerprint density at radius 1 is 1.21 bits per heavy atom. The molecule has 0 aliphatic carbocycles. The number of benzene rings is 2. The van der Waals surface area contributed by atoms with E-state index in [-0.39, 0.29) is 11.7 Å². The highest BCUT2D eigenvalue weighted by Gasteiger charge is 2.16. The van der Waals surface area contributed by atoms with Crippen LogP contribution in [0.3, 0.4) is 0 Å². The minimum atomic E-state index is -0.156. The van der Waals surface area contributed by atoms with Gasteiger partial charge in [0.05, 0.1) is 10.8 Å². The number of anilines is 1. The van der Waals surface area contributed by atoms with Gasteiger partial charge >= 0.3 is 0 Å². The maximum Gasteiger partial charge on any atom is 0.234 e. The minimum absolute atomic E-state index is 0.143. The second-order valence-corrected chi connectivity index (χ2v) is 8.20. The van der Waals surface area contributed by atoms with Crippen LogP contribution in [0.15, 0.2) is 47.6 Å². The Labute approximate surface area is 177 Å². The average Bonchev–Trinajstić information content (AvgIpc) is 3.02. The number of amides is 1. The van der Waals surface area contributed by atoms with E-state index in [0.29, 0.717) is 32.5 Å². The van der Waals surface area contributed by atoms with Gasteiger partial charge in [-0.1, -0.05) is 60.9 Å². The number of halogens is 2. The monoisotopic (exact) mass is 435 g/mol. The standard InChI is InChI=1S/C19H19Cl2N5OS/c1-11(2)12-4-3-5-14(8-12)23-17(27)10-28-19-25-24-18(26(19)22)15-9-13(20)6-7-16(15)21/h3-9,11H,10,22H2,1-2H3,(H,23,27). The highest BCUT2D eigenvalue weighted by molar-refractivity contribution is 7.99. The molecular weight excluding hydrogens is 417 g/mol. The predicted molar refractivity (Wildman–Crippen MR) is 116 cm³/mol. The number of hydrogen-bond acceptors (Lipinski definition) is 5. The largest absolute Gasteiger partial charge is 0.335 e. The smallest absolute Gasteiger partial charge is 0.234 e. The molecule has 1 heterocycles. The molecule has 0 aliphatic rings. The van der Waals surface area contributed by atoms with E-state index in [1.165, 1.54) is 16.4 Å². The van der Waals surface area contributed by atoms with Crippen molar-refractivity contribution in [3.8, 4) is 11.4 Å². The van der Waals surface area contributed by atoms with Crippen LogP contribution in [-0.4, -0.2) is 26.5 Å². The Bertz CT molecular complexity index is 1010. The maximum absolute atomic E-state index is 12.3. The van der Waals surface area contributed by atoms with Crippen LogP contribution >= 0.6 is 35.0 Å². The lowest BCUT2D eigenvalue weighted by Crippen LogP contribution is -2.16. The van der Waals surface area contributed by atoms with Crippen molar-refractivity contribution in [2.45, 2.75) is 24.9 Å². The highest BCUT2D eigenvalue weighted by atomic mass is 35.5. The van der Waals surface area contributed by atoms with Gasteiger partial charge in [0.1, 0.15) is 0 Å². The zero-order valence-electron chi connectivity index (χ0n) is 15.3. The molecule has 1 amide bonds. The number of hydrogen-bond donors (Lipinski definition) is 2. The summed E-state index contributed by atoms with van der Waals surface area (Å²) in [5.74, 6) is 6.83. The molecule has 0 fully saturated rings. The molecule has 3 aromatic rings. The fraction of sp³-hybridized carbons (Fsp3) is 0.211. The molecule has 146 valence electrons. The lowest BCUT2D eigenvalue weighted by atomic mass is 10.0. The molecule has 0 saturated carbocycles. The molecule has 0 radical (unpaired) electrons. The summed E-state index contributed by atoms with van der Waals surface area (Å²) in [6.45, 7) is 4.21. The van der Waals surface area contributed by atoms with E-state index in [4.69, 9.17) is 29.0 Å². The van der Waals surface area contributed by atoms with Crippen molar-refractivity contribution in [3.05, 3.63) is 58.1 Å². The number of nitrogen functional groups attached to an aromatic ring is 1. The van der Waals surface area contributed by atoms with Crippen LogP contribution in [0.1, 0.15) is 25.3 Å². The Morgan fingerprint density at radius 3 is 2.75 bits per heavy atom. The molecule has 2 aromatic carbocycles. The zero-order chi connectivity index (χ0) is 20.3. The van der Waals surface area contributed by atoms with Crippen LogP contribution in [0.25, 0.3) is 11.4 Å². The quantitative estimate of drug-likeness (QED) is 0.428. The number of nitrogens with zero attached hydrogens (tertiary/aromatic N) is 3. The summed E-state index contributed by atoms with van der Waals surface area (Å²) >= 11 is 13.4. The molecule has 0 bridgehead atoms. The summed E-state index contributed by atoms with van der Waals surface area (Å²) in [5.41, 5.74) is 2.50. The van der Waals surface area contributed by atoms with E-state index in [9.17, 15) is 4.79 Å². The van der Waals surface area contributed by atoms with Gasteiger partial charge < -0.3 is 11.2 Å². The van der Waals surface area contributed by atoms with Crippen molar-refractivity contribution >= 4 is 46.6 Å². The number of carbonyl (C=O) groups is 1. The van der Waals surface area contributed by atoms with Gasteiger partial charge in [-0.15, -0.1) is 10.2 Å². The molecule has 9 heteroatoms. The van der Waals surface area contributed by atoms with E-state index in [0.717, 1.165) is 11.3 Å². The molecule has 1 aromatic heterocycles. The van der Waals surface area contributed by atoms with Crippen molar-refractivity contribution in [2.75, 3.05) is 16.9 Å². The molecule has 3 N–H and O–H groups in total. The van der Waals surface area contributed by atoms with Crippen LogP contribution in [0.4, 0.5) is 5.69 Å². The van der Waals surface area contributed by atoms with Crippen molar-refractivity contribution in [2.24, 2.45) is 0 Å². The summed E-state index contributed by atoms with van der Waals surface area (Å²) in [7, 11) is 0. The van der Waals surface area contributed by atoms with Gasteiger partial charge in [0.25, 0.3) is 0 Å². The minimum Gasteiger partial charge on any atom is -0.335 e. The van der Waals surface area contributed by atoms with Crippen LogP contribution in [0.2, 0.25) is 10.0 Å². The van der Waals surface area contributed by atoms with Crippen LogP contribution in [-0.2, 0) is 4.79 Å². The van der Waals surface area contributed by atoms with E-state index in [1.54, 1.807) is 18.2 Å². The van der Waals surface area contributed by atoms with Crippen molar-refractivity contribution < 1.29 is 4.79 Å². The Kier molecular flexibility index (Phi) is 6.49. The molecule has 0 atom stereocenters. The van der Waals surface area contributed by atoms with Crippen molar-refractivity contribution in [1.82, 2.24) is 14.9 Å². The van der Waals surface area contributed by atoms with Gasteiger partial charge in [-0.05, 0) is 41.8 Å². The Morgan fingerprint density at radius 2 is 2.00 bits per heavy atom. The first kappa shape index (κ1) is 20.5. The van der Waals surface area contributed by atoms with Gasteiger partial charge in [0.15, 0.2) is 5.82 Å². The van der Waals surface area contributed by atoms with Crippen molar-refractivity contribution in [1.29, 1.82) is 0 Å². The first-order chi connectivity index (χ1) is 13.3. The Hall–Kier alpha value is -2.22. The summed E-state index contributed by atoms with van der Waals surface area (Å²) in [6.07, 6.45) is 0. The van der Waals surface area contributed by atoms with Gasteiger partial charge in [-0.2, -0.15) is 0 Å². The fourth-order valence-electron chi connectivity index (χ4n) is 2.53. The first-order valence-corrected chi connectivity index (χ1v) is 10.3. The number of aromatic nitrogens is 3. The van der Waals surface area contributed by atoms with Crippen LogP contribution in [0.5, 0.6) is 0 Å². The second kappa shape index (κ2) is 8.86. The topological polar surface area (TPSA) is 85.8 Å². The molecule has 28 heavy (non-hydrogen) atoms. The van der Waals surface area contributed by atoms with Crippen LogP contribution in [0, 0.1) is 0 Å². The van der Waals surface area contributed by atoms with Crippen molar-refractivity contribution in [3.63, 3.8) is 0 Å². The number of thioether (sulfide) groups is 1. The highest BCUT2D eigenvalue weighted by Crippen LogP contribution is 2.30. The average molecular weight is 436 g/mol. The predicted octanol–water partition coefficient (Wildman–Crippen LogP) is 4.82. The molecule has 6 nitrogen and oxygen atoms in total. The maximum atomic E-state index is 12.3. The normalized spacial score (nSPS) is 11.0. The molecule has 0 spiro atoms. The number of nitrogens with two attached hydrogens (primary N) is 1. The van der Waals surface area contributed by atoms with Gasteiger partial charge in [0, 0.05) is 16.3 Å². The number of carbonyl (C=O) groups excluding carboxylic acids is 1. The second-order valence-electron chi connectivity index (χ2n) is 6.42. The summed E-state index contributed by atoms with van der Waals surface area (Å²) < 4.78 is 1.30. The SMILES string of the molecule is CC(C)c1cccc(NC(=O)CSc2nnc(-c3cc(Cl)ccc3Cl)n2N)c1. The molecule has 0 unspecified atom stereocenters. The van der Waals surface area contributed by atoms with E-state index in [2.05, 4.69) is 29.4 Å². The number of rotatable bonds is 6. The third-order valence-corrected chi connectivity index (χ3v) is 5.51. The zero-order valence-corrected chi connectivity index (χ0v) is 17.6. The number of nitrogens with one attached hydrogen (secondary N) is 1. The van der Waals surface area contributed by atoms with E-state index in [1.807, 2.05) is 24.3 Å². The molecule has 3 rings (SSSR count).